The van der Waals surface area contributed by atoms with E-state index in [1.807, 2.05) is 12.4 Å². The fraction of sp³-hybridized carbons (Fsp3) is 0.733. The minimum atomic E-state index is -0.738. The van der Waals surface area contributed by atoms with Crippen LogP contribution in [-0.2, 0) is 11.3 Å². The number of aryl methyl sites for hydroxylation is 1. The van der Waals surface area contributed by atoms with Crippen molar-refractivity contribution in [3.05, 3.63) is 18.2 Å². The van der Waals surface area contributed by atoms with E-state index in [4.69, 9.17) is 0 Å². The van der Waals surface area contributed by atoms with Crippen molar-refractivity contribution >= 4 is 5.97 Å². The first-order chi connectivity index (χ1) is 9.51. The van der Waals surface area contributed by atoms with E-state index in [1.165, 1.54) is 0 Å². The summed E-state index contributed by atoms with van der Waals surface area (Å²) in [5.74, 6) is 0.945. The maximum atomic E-state index is 11.6. The fourth-order valence-corrected chi connectivity index (χ4v) is 3.49. The molecule has 20 heavy (non-hydrogen) atoms. The molecule has 2 unspecified atom stereocenters. The van der Waals surface area contributed by atoms with Gasteiger partial charge < -0.3 is 15.0 Å². The van der Waals surface area contributed by atoms with Crippen molar-refractivity contribution < 1.29 is 9.90 Å². The van der Waals surface area contributed by atoms with Crippen molar-refractivity contribution in [2.75, 3.05) is 7.05 Å². The molecule has 5 nitrogen and oxygen atoms in total. The number of hydrogen-bond acceptors (Lipinski definition) is 3. The number of likely N-dealkylation sites (N-methyl/N-ethyl adjacent to an activating group) is 1. The molecule has 1 aliphatic carbocycles. The highest BCUT2D eigenvalue weighted by atomic mass is 16.4. The molecule has 0 radical (unpaired) electrons. The predicted molar refractivity (Wildman–Crippen MR) is 77.7 cm³/mol. The van der Waals surface area contributed by atoms with Crippen LogP contribution in [0.2, 0.25) is 0 Å². The normalized spacial score (nSPS) is 26.3. The largest absolute Gasteiger partial charge is 0.480 e. The van der Waals surface area contributed by atoms with Crippen LogP contribution in [0, 0.1) is 5.92 Å². The van der Waals surface area contributed by atoms with Crippen molar-refractivity contribution in [3.63, 3.8) is 0 Å². The third kappa shape index (κ3) is 2.59. The molecule has 5 heteroatoms. The van der Waals surface area contributed by atoms with Gasteiger partial charge in [-0.1, -0.05) is 20.3 Å². The third-order valence-electron chi connectivity index (χ3n) is 4.63. The molecule has 1 aromatic rings. The van der Waals surface area contributed by atoms with Gasteiger partial charge in [0.2, 0.25) is 0 Å². The van der Waals surface area contributed by atoms with Gasteiger partial charge in [-0.05, 0) is 32.2 Å². The summed E-state index contributed by atoms with van der Waals surface area (Å²) in [5, 5.41) is 12.6. The zero-order valence-corrected chi connectivity index (χ0v) is 12.6. The summed E-state index contributed by atoms with van der Waals surface area (Å²) in [4.78, 5) is 16.0. The van der Waals surface area contributed by atoms with E-state index in [9.17, 15) is 9.90 Å². The highest BCUT2D eigenvalue weighted by Crippen LogP contribution is 2.38. The Kier molecular flexibility index (Phi) is 4.48. The molecule has 112 valence electrons. The van der Waals surface area contributed by atoms with Crippen molar-refractivity contribution in [3.8, 4) is 0 Å². The minimum Gasteiger partial charge on any atom is -0.480 e. The van der Waals surface area contributed by atoms with E-state index >= 15 is 0 Å². The van der Waals surface area contributed by atoms with E-state index in [2.05, 4.69) is 28.7 Å². The quantitative estimate of drug-likeness (QED) is 0.838. The van der Waals surface area contributed by atoms with Crippen molar-refractivity contribution in [2.24, 2.45) is 5.92 Å². The lowest BCUT2D eigenvalue weighted by Crippen LogP contribution is -2.53. The highest BCUT2D eigenvalue weighted by molar-refractivity contribution is 5.79. The summed E-state index contributed by atoms with van der Waals surface area (Å²) in [6, 6.07) is 0. The van der Waals surface area contributed by atoms with Gasteiger partial charge in [0, 0.05) is 24.9 Å². The monoisotopic (exact) mass is 279 g/mol. The van der Waals surface area contributed by atoms with Gasteiger partial charge in [0.25, 0.3) is 0 Å². The van der Waals surface area contributed by atoms with Crippen LogP contribution in [0.3, 0.4) is 0 Å². The maximum absolute atomic E-state index is 11.6. The zero-order chi connectivity index (χ0) is 14.8. The smallest absolute Gasteiger partial charge is 0.324 e. The van der Waals surface area contributed by atoms with Gasteiger partial charge in [-0.15, -0.1) is 0 Å². The molecule has 0 aliphatic heterocycles. The topological polar surface area (TPSA) is 67.2 Å². The Labute approximate surface area is 120 Å². The maximum Gasteiger partial charge on any atom is 0.324 e. The SMILES string of the molecule is CNC1(C(=O)O)CCCC1CCn1ccnc1C(C)C. The highest BCUT2D eigenvalue weighted by Gasteiger charge is 2.47. The van der Waals surface area contributed by atoms with Crippen molar-refractivity contribution in [1.29, 1.82) is 0 Å². The first-order valence-electron chi connectivity index (χ1n) is 7.44. The Hall–Kier alpha value is -1.36. The van der Waals surface area contributed by atoms with Crippen LogP contribution in [0.1, 0.15) is 51.3 Å². The van der Waals surface area contributed by atoms with E-state index in [-0.39, 0.29) is 5.92 Å². The second kappa shape index (κ2) is 5.95. The molecular formula is C15H25N3O2. The number of imidazole rings is 1. The molecule has 1 aliphatic rings. The number of nitrogens with zero attached hydrogens (tertiary/aromatic N) is 2. The summed E-state index contributed by atoms with van der Waals surface area (Å²) >= 11 is 0. The van der Waals surface area contributed by atoms with E-state index in [1.54, 1.807) is 7.05 Å². The Balaban J connectivity index is 2.06. The number of aromatic nitrogens is 2. The number of carbonyl (C=O) groups is 1. The number of nitrogens with one attached hydrogen (secondary N) is 1. The Morgan fingerprint density at radius 2 is 2.40 bits per heavy atom. The zero-order valence-electron chi connectivity index (χ0n) is 12.6. The molecule has 0 bridgehead atoms. The molecule has 2 N–H and O–H groups in total. The van der Waals surface area contributed by atoms with Crippen LogP contribution >= 0.6 is 0 Å². The minimum absolute atomic E-state index is 0.187. The Morgan fingerprint density at radius 1 is 1.65 bits per heavy atom. The van der Waals surface area contributed by atoms with Crippen molar-refractivity contribution in [1.82, 2.24) is 14.9 Å². The van der Waals surface area contributed by atoms with Gasteiger partial charge in [0.1, 0.15) is 11.4 Å². The molecule has 2 rings (SSSR count). The van der Waals surface area contributed by atoms with Gasteiger partial charge in [0.15, 0.2) is 0 Å². The standard InChI is InChI=1S/C15H25N3O2/c1-11(2)13-17-8-10-18(13)9-6-12-5-4-7-15(12,16-3)14(19)20/h8,10-12,16H,4-7,9H2,1-3H3,(H,19,20). The van der Waals surface area contributed by atoms with Gasteiger partial charge in [0.05, 0.1) is 0 Å². The number of carboxylic acid groups (broad SMARTS) is 1. The second-order valence-corrected chi connectivity index (χ2v) is 6.04. The average molecular weight is 279 g/mol. The fourth-order valence-electron chi connectivity index (χ4n) is 3.49. The number of aliphatic carboxylic acids is 1. The molecular weight excluding hydrogens is 254 g/mol. The van der Waals surface area contributed by atoms with E-state index < -0.39 is 11.5 Å². The van der Waals surface area contributed by atoms with Gasteiger partial charge in [-0.25, -0.2) is 4.98 Å². The molecule has 1 aromatic heterocycles. The first-order valence-corrected chi connectivity index (χ1v) is 7.44. The summed E-state index contributed by atoms with van der Waals surface area (Å²) < 4.78 is 2.16. The second-order valence-electron chi connectivity index (χ2n) is 6.04. The third-order valence-corrected chi connectivity index (χ3v) is 4.63. The van der Waals surface area contributed by atoms with Crippen LogP contribution in [0.5, 0.6) is 0 Å². The molecule has 1 fully saturated rings. The summed E-state index contributed by atoms with van der Waals surface area (Å²) in [7, 11) is 1.77. The van der Waals surface area contributed by atoms with Crippen LogP contribution in [-0.4, -0.2) is 33.2 Å². The molecule has 0 spiro atoms. The Bertz CT molecular complexity index is 469. The lowest BCUT2D eigenvalue weighted by atomic mass is 9.84. The lowest BCUT2D eigenvalue weighted by molar-refractivity contribution is -0.146. The summed E-state index contributed by atoms with van der Waals surface area (Å²) in [5.41, 5.74) is -0.738. The van der Waals surface area contributed by atoms with Crippen LogP contribution in [0.4, 0.5) is 0 Å². The molecule has 1 heterocycles. The first kappa shape index (κ1) is 15.0. The van der Waals surface area contributed by atoms with Crippen LogP contribution in [0.15, 0.2) is 12.4 Å². The van der Waals surface area contributed by atoms with Gasteiger partial charge in [-0.3, -0.25) is 4.79 Å². The number of carboxylic acids is 1. The average Bonchev–Trinajstić information content (AvgIpc) is 3.03. The summed E-state index contributed by atoms with van der Waals surface area (Å²) in [6.07, 6.45) is 7.39. The van der Waals surface area contributed by atoms with Gasteiger partial charge in [-0.2, -0.15) is 0 Å². The van der Waals surface area contributed by atoms with Gasteiger partial charge >= 0.3 is 5.97 Å². The van der Waals surface area contributed by atoms with Crippen molar-refractivity contribution in [2.45, 2.75) is 57.5 Å². The van der Waals surface area contributed by atoms with E-state index in [0.717, 1.165) is 38.1 Å². The molecule has 0 aromatic carbocycles. The predicted octanol–water partition coefficient (Wildman–Crippen LogP) is 2.24. The molecule has 1 saturated carbocycles. The number of rotatable bonds is 6. The molecule has 0 saturated heterocycles. The Morgan fingerprint density at radius 3 is 3.00 bits per heavy atom. The lowest BCUT2D eigenvalue weighted by Gasteiger charge is -2.31. The van der Waals surface area contributed by atoms with Crippen LogP contribution < -0.4 is 5.32 Å². The molecule has 2 atom stereocenters. The van der Waals surface area contributed by atoms with E-state index in [0.29, 0.717) is 5.92 Å². The summed E-state index contributed by atoms with van der Waals surface area (Å²) in [6.45, 7) is 5.10. The van der Waals surface area contributed by atoms with Crippen LogP contribution in [0.25, 0.3) is 0 Å². The number of hydrogen-bond donors (Lipinski definition) is 2. The molecule has 0 amide bonds.